The smallest absolute Gasteiger partial charge is 0.160 e. The number of β-amino-alcohol motifs (C(OH)–C–C–N with tert-alkyl or cyclic N) is 1. The normalized spacial score (nSPS) is 14.9. The Kier molecular flexibility index (Phi) is 12.1. The molecular weight excluding hydrogens is 760 g/mol. The minimum absolute atomic E-state index is 0. The van der Waals surface area contributed by atoms with Crippen LogP contribution in [0.1, 0.15) is 47.3 Å². The van der Waals surface area contributed by atoms with E-state index in [9.17, 15) is 9.90 Å². The van der Waals surface area contributed by atoms with E-state index < -0.39 is 5.60 Å². The Morgan fingerprint density at radius 3 is 1.34 bits per heavy atom. The van der Waals surface area contributed by atoms with Crippen molar-refractivity contribution in [3.8, 4) is 0 Å². The van der Waals surface area contributed by atoms with Crippen molar-refractivity contribution in [1.29, 1.82) is 0 Å². The van der Waals surface area contributed by atoms with Crippen molar-refractivity contribution in [1.82, 2.24) is 9.80 Å². The van der Waals surface area contributed by atoms with Crippen LogP contribution in [-0.2, 0) is 10.4 Å². The molecule has 0 spiro atoms. The lowest BCUT2D eigenvalue weighted by Crippen LogP contribution is -2.60. The Hall–Kier alpha value is -5.57. The first kappa shape index (κ1) is 38.7. The zero-order valence-electron chi connectivity index (χ0n) is 30.2. The van der Waals surface area contributed by atoms with Crippen molar-refractivity contribution in [3.05, 3.63) is 215 Å². The predicted octanol–water partition coefficient (Wildman–Crippen LogP) is 11.2. The molecule has 1 N–H and O–H groups in total. The Labute approximate surface area is 336 Å². The molecule has 2 aliphatic rings. The van der Waals surface area contributed by atoms with Crippen molar-refractivity contribution < 1.29 is 18.7 Å². The highest BCUT2D eigenvalue weighted by atomic mass is 79.9. The summed E-state index contributed by atoms with van der Waals surface area (Å²) >= 11 is 3.37. The summed E-state index contributed by atoms with van der Waals surface area (Å²) < 4.78 is 11.9. The van der Waals surface area contributed by atoms with Gasteiger partial charge in [0.25, 0.3) is 0 Å². The number of likely N-dealkylation sites (tertiary alicyclic amines) is 2. The number of aliphatic hydroxyl groups is 1. The first-order chi connectivity index (χ1) is 27.0. The fourth-order valence-corrected chi connectivity index (χ4v) is 8.04. The number of carbonyl (C=O) groups is 1. The molecule has 10 rings (SSSR count). The number of carbonyl (C=O) groups excluding carboxylic acids is 1. The van der Waals surface area contributed by atoms with Gasteiger partial charge in [0, 0.05) is 29.4 Å². The van der Waals surface area contributed by atoms with E-state index >= 15 is 0 Å². The molecule has 0 saturated carbocycles. The number of hydrogen-bond donors (Lipinski definition) is 1. The fourth-order valence-electron chi connectivity index (χ4n) is 7.62. The molecule has 0 aliphatic carbocycles. The highest BCUT2D eigenvalue weighted by Gasteiger charge is 2.47. The molecule has 0 bridgehead atoms. The van der Waals surface area contributed by atoms with Gasteiger partial charge in [0.2, 0.25) is 0 Å². The molecule has 2 aliphatic heterocycles. The highest BCUT2D eigenvalue weighted by Crippen LogP contribution is 2.43. The van der Waals surface area contributed by atoms with Crippen LogP contribution in [0.15, 0.2) is 196 Å². The minimum Gasteiger partial charge on any atom is -0.464 e. The molecule has 0 atom stereocenters. The summed E-state index contributed by atoms with van der Waals surface area (Å²) in [5.74, 6) is 0.326. The van der Waals surface area contributed by atoms with Gasteiger partial charge in [-0.3, -0.25) is 14.6 Å². The Bertz CT molecular complexity index is 2370. The molecular formula is C49H45BrN2O4. The van der Waals surface area contributed by atoms with E-state index in [2.05, 4.69) is 98.5 Å². The maximum Gasteiger partial charge on any atom is 0.160 e. The zero-order chi connectivity index (χ0) is 37.6. The van der Waals surface area contributed by atoms with Crippen LogP contribution >= 0.6 is 15.9 Å². The van der Waals surface area contributed by atoms with E-state index in [1.807, 2.05) is 97.1 Å². The van der Waals surface area contributed by atoms with Crippen LogP contribution in [0.2, 0.25) is 0 Å². The second-order valence-electron chi connectivity index (χ2n) is 14.1. The summed E-state index contributed by atoms with van der Waals surface area (Å²) in [5.41, 5.74) is 6.72. The van der Waals surface area contributed by atoms with Crippen molar-refractivity contribution in [2.75, 3.05) is 26.2 Å². The topological polar surface area (TPSA) is 70.1 Å². The molecule has 8 aromatic rings. The molecule has 2 saturated heterocycles. The summed E-state index contributed by atoms with van der Waals surface area (Å²) in [5, 5.41) is 13.4. The summed E-state index contributed by atoms with van der Waals surface area (Å²) in [6, 6.07) is 57.8. The van der Waals surface area contributed by atoms with Crippen LogP contribution in [0.3, 0.4) is 0 Å². The fraction of sp³-hybridized carbons (Fsp3) is 0.163. The van der Waals surface area contributed by atoms with Crippen LogP contribution in [-0.4, -0.2) is 46.9 Å². The van der Waals surface area contributed by atoms with Gasteiger partial charge in [-0.25, -0.2) is 0 Å². The van der Waals surface area contributed by atoms with E-state index in [1.54, 1.807) is 12.5 Å². The van der Waals surface area contributed by atoms with Gasteiger partial charge in [-0.2, -0.15) is 0 Å². The van der Waals surface area contributed by atoms with Crippen molar-refractivity contribution >= 4 is 43.7 Å². The molecule has 282 valence electrons. The number of nitrogens with zero attached hydrogens (tertiary/aromatic N) is 2. The van der Waals surface area contributed by atoms with Gasteiger partial charge in [0.15, 0.2) is 5.78 Å². The molecule has 56 heavy (non-hydrogen) atoms. The molecule has 0 radical (unpaired) electrons. The maximum atomic E-state index is 11.3. The predicted molar refractivity (Wildman–Crippen MR) is 228 cm³/mol. The van der Waals surface area contributed by atoms with Gasteiger partial charge < -0.3 is 13.9 Å². The van der Waals surface area contributed by atoms with E-state index in [-0.39, 0.29) is 19.5 Å². The number of halogens is 1. The van der Waals surface area contributed by atoms with Gasteiger partial charge >= 0.3 is 0 Å². The van der Waals surface area contributed by atoms with Gasteiger partial charge in [0.1, 0.15) is 23.0 Å². The number of Topliss-reactive ketones (excluding diaryl/α,β-unsaturated/α-hetero) is 1. The van der Waals surface area contributed by atoms with Crippen molar-refractivity contribution in [2.24, 2.45) is 0 Å². The average Bonchev–Trinajstić information content (AvgIpc) is 3.83. The van der Waals surface area contributed by atoms with E-state index in [1.165, 1.54) is 22.3 Å². The van der Waals surface area contributed by atoms with Crippen molar-refractivity contribution in [3.63, 3.8) is 0 Å². The summed E-state index contributed by atoms with van der Waals surface area (Å²) in [6.45, 7) is 2.28. The highest BCUT2D eigenvalue weighted by molar-refractivity contribution is 9.10. The first-order valence-corrected chi connectivity index (χ1v) is 19.3. The second-order valence-corrected chi connectivity index (χ2v) is 14.9. The van der Waals surface area contributed by atoms with Crippen LogP contribution in [0.5, 0.6) is 0 Å². The summed E-state index contributed by atoms with van der Waals surface area (Å²) in [6.07, 6.45) is 3.41. The SMILES string of the molecule is Brc1coc2ccccc12.C.O=C1CN(C(c2ccccc2)c2ccccc2)C1.OC1(c2coc3ccccc23)CN(C(c2ccccc2)c2ccccc2)C1. The van der Waals surface area contributed by atoms with E-state index in [0.717, 1.165) is 32.0 Å². The largest absolute Gasteiger partial charge is 0.464 e. The summed E-state index contributed by atoms with van der Waals surface area (Å²) in [7, 11) is 0. The monoisotopic (exact) mass is 804 g/mol. The second kappa shape index (κ2) is 17.5. The quantitative estimate of drug-likeness (QED) is 0.173. The van der Waals surface area contributed by atoms with Gasteiger partial charge in [0.05, 0.1) is 35.9 Å². The lowest BCUT2D eigenvalue weighted by atomic mass is 9.82. The Morgan fingerprint density at radius 1 is 0.518 bits per heavy atom. The van der Waals surface area contributed by atoms with Gasteiger partial charge in [-0.15, -0.1) is 0 Å². The Balaban J connectivity index is 0.000000142. The molecule has 7 heteroatoms. The third kappa shape index (κ3) is 8.32. The molecule has 0 amide bonds. The van der Waals surface area contributed by atoms with Crippen LogP contribution in [0, 0.1) is 0 Å². The number of fused-ring (bicyclic) bond motifs is 2. The number of furan rings is 2. The van der Waals surface area contributed by atoms with Gasteiger partial charge in [-0.1, -0.05) is 159 Å². The molecule has 4 heterocycles. The Morgan fingerprint density at radius 2 is 0.893 bits per heavy atom. The molecule has 2 aromatic heterocycles. The number of hydrogen-bond acceptors (Lipinski definition) is 6. The van der Waals surface area contributed by atoms with Crippen molar-refractivity contribution in [2.45, 2.75) is 25.1 Å². The summed E-state index contributed by atoms with van der Waals surface area (Å²) in [4.78, 5) is 15.8. The first-order valence-electron chi connectivity index (χ1n) is 18.5. The van der Waals surface area contributed by atoms with Crippen LogP contribution in [0.25, 0.3) is 21.9 Å². The van der Waals surface area contributed by atoms with Crippen LogP contribution in [0.4, 0.5) is 0 Å². The molecule has 6 nitrogen and oxygen atoms in total. The number of rotatable bonds is 7. The maximum absolute atomic E-state index is 11.3. The average molecular weight is 806 g/mol. The number of benzene rings is 6. The minimum atomic E-state index is -0.881. The van der Waals surface area contributed by atoms with Gasteiger partial charge in [-0.05, 0) is 56.4 Å². The standard InChI is InChI=1S/C24H21NO2.C16H15NO.C8H5BrO.CH4/c26-24(21-15-27-22-14-8-7-13-20(21)22)16-25(17-24)23(18-9-3-1-4-10-18)19-11-5-2-6-12-19;18-15-11-17(12-15)16(13-7-3-1-4-8-13)14-9-5-2-6-10-14;9-7-5-10-8-4-2-1-3-6(7)8;/h1-15,23,26H,16-17H2;1-10,16H,11-12H2;1-5H;1H4. The lowest BCUT2D eigenvalue weighted by Gasteiger charge is -2.50. The van der Waals surface area contributed by atoms with E-state index in [0.29, 0.717) is 32.0 Å². The third-order valence-corrected chi connectivity index (χ3v) is 10.9. The molecule has 6 aromatic carbocycles. The molecule has 0 unspecified atom stereocenters. The van der Waals surface area contributed by atoms with E-state index in [4.69, 9.17) is 8.83 Å². The lowest BCUT2D eigenvalue weighted by molar-refractivity contribution is -0.130. The number of para-hydroxylation sites is 2. The van der Waals surface area contributed by atoms with Crippen LogP contribution < -0.4 is 0 Å². The third-order valence-electron chi connectivity index (χ3n) is 10.3. The zero-order valence-corrected chi connectivity index (χ0v) is 31.8. The molecule has 2 fully saturated rings. The number of ketones is 1.